The van der Waals surface area contributed by atoms with Crippen LogP contribution in [0.25, 0.3) is 0 Å². The molecule has 1 rings (SSSR count). The third kappa shape index (κ3) is 5.74. The lowest BCUT2D eigenvalue weighted by molar-refractivity contribution is -0.127. The van der Waals surface area contributed by atoms with E-state index in [1.165, 1.54) is 6.42 Å². The summed E-state index contributed by atoms with van der Waals surface area (Å²) in [7, 11) is 2.10. The molecule has 0 spiro atoms. The Balaban J connectivity index is 2.15. The van der Waals surface area contributed by atoms with Gasteiger partial charge in [-0.15, -0.1) is 0 Å². The Bertz CT molecular complexity index is 301. The normalized spacial score (nSPS) is 15.6. The molecule has 0 aliphatic carbocycles. The summed E-state index contributed by atoms with van der Waals surface area (Å²) in [5, 5.41) is 0. The first kappa shape index (κ1) is 14.1. The highest BCUT2D eigenvalue weighted by Gasteiger charge is 2.18. The van der Waals surface area contributed by atoms with Gasteiger partial charge in [-0.2, -0.15) is 0 Å². The molecule has 0 aromatic heterocycles. The van der Waals surface area contributed by atoms with Gasteiger partial charge in [0.05, 0.1) is 13.1 Å². The second-order valence-corrected chi connectivity index (χ2v) is 5.19. The van der Waals surface area contributed by atoms with Crippen LogP contribution < -0.4 is 0 Å². The van der Waals surface area contributed by atoms with Gasteiger partial charge in [-0.3, -0.25) is 9.69 Å². The molecular weight excluding hydrogens is 212 g/mol. The largest absolute Gasteiger partial charge is 0.332 e. The predicted octanol–water partition coefficient (Wildman–Crippen LogP) is 1.59. The lowest BCUT2D eigenvalue weighted by atomic mass is 10.1. The average molecular weight is 236 g/mol. The molecular formula is C14H24N2O. The van der Waals surface area contributed by atoms with E-state index in [-0.39, 0.29) is 5.91 Å². The molecule has 96 valence electrons. The van der Waals surface area contributed by atoms with Crippen molar-refractivity contribution in [1.82, 2.24) is 9.80 Å². The topological polar surface area (TPSA) is 23.6 Å². The number of amides is 1. The Morgan fingerprint density at radius 3 is 2.76 bits per heavy atom. The molecule has 17 heavy (non-hydrogen) atoms. The van der Waals surface area contributed by atoms with Gasteiger partial charge in [0.1, 0.15) is 0 Å². The van der Waals surface area contributed by atoms with Crippen molar-refractivity contribution in [3.05, 3.63) is 0 Å². The number of hydrogen-bond acceptors (Lipinski definition) is 2. The van der Waals surface area contributed by atoms with Crippen LogP contribution in [0, 0.1) is 17.8 Å². The molecule has 0 unspecified atom stereocenters. The minimum absolute atomic E-state index is 0.257. The fraction of sp³-hybridized carbons (Fsp3) is 0.786. The van der Waals surface area contributed by atoms with Gasteiger partial charge < -0.3 is 4.90 Å². The first-order valence-electron chi connectivity index (χ1n) is 6.51. The molecule has 0 N–H and O–H groups in total. The SMILES string of the molecule is CC(C)CCN(C)CC#CCN1CCCC1=O. The minimum atomic E-state index is 0.257. The van der Waals surface area contributed by atoms with E-state index in [4.69, 9.17) is 0 Å². The highest BCUT2D eigenvalue weighted by atomic mass is 16.2. The molecule has 1 fully saturated rings. The van der Waals surface area contributed by atoms with E-state index in [0.29, 0.717) is 13.0 Å². The Labute approximate surface area is 105 Å². The van der Waals surface area contributed by atoms with Crippen molar-refractivity contribution in [3.8, 4) is 11.8 Å². The zero-order valence-corrected chi connectivity index (χ0v) is 11.3. The van der Waals surface area contributed by atoms with Crippen LogP contribution in [0.5, 0.6) is 0 Å². The number of likely N-dealkylation sites (tertiary alicyclic amines) is 1. The van der Waals surface area contributed by atoms with Crippen LogP contribution in [0.4, 0.5) is 0 Å². The third-order valence-electron chi connectivity index (χ3n) is 3.00. The molecule has 1 amide bonds. The van der Waals surface area contributed by atoms with E-state index in [9.17, 15) is 4.79 Å². The summed E-state index contributed by atoms with van der Waals surface area (Å²) in [6, 6.07) is 0. The van der Waals surface area contributed by atoms with Crippen molar-refractivity contribution in [2.24, 2.45) is 5.92 Å². The van der Waals surface area contributed by atoms with Gasteiger partial charge in [0.25, 0.3) is 0 Å². The van der Waals surface area contributed by atoms with E-state index in [2.05, 4.69) is 37.6 Å². The summed E-state index contributed by atoms with van der Waals surface area (Å²) in [6.07, 6.45) is 2.91. The second kappa shape index (κ2) is 7.34. The van der Waals surface area contributed by atoms with Gasteiger partial charge >= 0.3 is 0 Å². The van der Waals surface area contributed by atoms with Crippen molar-refractivity contribution >= 4 is 5.91 Å². The average Bonchev–Trinajstić information content (AvgIpc) is 2.68. The second-order valence-electron chi connectivity index (χ2n) is 5.19. The van der Waals surface area contributed by atoms with Crippen LogP contribution >= 0.6 is 0 Å². The maximum atomic E-state index is 11.3. The summed E-state index contributed by atoms with van der Waals surface area (Å²) in [4.78, 5) is 15.4. The molecule has 0 radical (unpaired) electrons. The van der Waals surface area contributed by atoms with Crippen LogP contribution in [0.15, 0.2) is 0 Å². The highest BCUT2D eigenvalue weighted by molar-refractivity contribution is 5.78. The van der Waals surface area contributed by atoms with E-state index < -0.39 is 0 Å². The molecule has 1 heterocycles. The van der Waals surface area contributed by atoms with Gasteiger partial charge in [0.2, 0.25) is 5.91 Å². The monoisotopic (exact) mass is 236 g/mol. The fourth-order valence-corrected chi connectivity index (χ4v) is 1.77. The molecule has 0 bridgehead atoms. The quantitative estimate of drug-likeness (QED) is 0.677. The lowest BCUT2D eigenvalue weighted by Crippen LogP contribution is -2.25. The van der Waals surface area contributed by atoms with Crippen LogP contribution in [0.2, 0.25) is 0 Å². The zero-order chi connectivity index (χ0) is 12.7. The van der Waals surface area contributed by atoms with Gasteiger partial charge in [0.15, 0.2) is 0 Å². The van der Waals surface area contributed by atoms with E-state index in [1.54, 1.807) is 0 Å². The maximum absolute atomic E-state index is 11.3. The standard InChI is InChI=1S/C14H24N2O/c1-13(2)8-12-15(3)9-4-5-10-16-11-6-7-14(16)17/h13H,6-12H2,1-3H3. The summed E-state index contributed by atoms with van der Waals surface area (Å²) >= 11 is 0. The predicted molar refractivity (Wildman–Crippen MR) is 70.5 cm³/mol. The molecule has 1 aliphatic heterocycles. The number of carbonyl (C=O) groups is 1. The van der Waals surface area contributed by atoms with E-state index >= 15 is 0 Å². The Morgan fingerprint density at radius 1 is 1.41 bits per heavy atom. The van der Waals surface area contributed by atoms with Gasteiger partial charge in [-0.25, -0.2) is 0 Å². The Morgan fingerprint density at radius 2 is 2.18 bits per heavy atom. The molecule has 3 nitrogen and oxygen atoms in total. The maximum Gasteiger partial charge on any atom is 0.223 e. The first-order valence-corrected chi connectivity index (χ1v) is 6.51. The third-order valence-corrected chi connectivity index (χ3v) is 3.00. The molecule has 1 saturated heterocycles. The Kier molecular flexibility index (Phi) is 6.07. The van der Waals surface area contributed by atoms with Crippen molar-refractivity contribution < 1.29 is 4.79 Å². The van der Waals surface area contributed by atoms with E-state index in [0.717, 1.165) is 32.0 Å². The molecule has 1 aliphatic rings. The zero-order valence-electron chi connectivity index (χ0n) is 11.3. The van der Waals surface area contributed by atoms with Crippen molar-refractivity contribution in [3.63, 3.8) is 0 Å². The van der Waals surface area contributed by atoms with Crippen molar-refractivity contribution in [2.75, 3.05) is 33.2 Å². The molecule has 3 heteroatoms. The minimum Gasteiger partial charge on any atom is -0.332 e. The van der Waals surface area contributed by atoms with E-state index in [1.807, 2.05) is 4.90 Å². The number of hydrogen-bond donors (Lipinski definition) is 0. The summed E-state index contributed by atoms with van der Waals surface area (Å²) < 4.78 is 0. The smallest absolute Gasteiger partial charge is 0.223 e. The van der Waals surface area contributed by atoms with Crippen LogP contribution in [-0.2, 0) is 4.79 Å². The first-order chi connectivity index (χ1) is 8.09. The van der Waals surface area contributed by atoms with Crippen molar-refractivity contribution in [1.29, 1.82) is 0 Å². The molecule has 0 atom stereocenters. The van der Waals surface area contributed by atoms with Crippen LogP contribution in [0.3, 0.4) is 0 Å². The summed E-state index contributed by atoms with van der Waals surface area (Å²) in [6.45, 7) is 7.86. The van der Waals surface area contributed by atoms with Crippen LogP contribution in [0.1, 0.15) is 33.1 Å². The molecule has 0 saturated carbocycles. The number of nitrogens with zero attached hydrogens (tertiary/aromatic N) is 2. The molecule has 0 aromatic carbocycles. The van der Waals surface area contributed by atoms with Crippen LogP contribution in [-0.4, -0.2) is 48.9 Å². The van der Waals surface area contributed by atoms with Gasteiger partial charge in [-0.05, 0) is 32.4 Å². The molecule has 0 aromatic rings. The number of rotatable bonds is 5. The summed E-state index contributed by atoms with van der Waals surface area (Å²) in [5.41, 5.74) is 0. The summed E-state index contributed by atoms with van der Waals surface area (Å²) in [5.74, 6) is 7.23. The number of carbonyl (C=O) groups excluding carboxylic acids is 1. The fourth-order valence-electron chi connectivity index (χ4n) is 1.77. The lowest BCUT2D eigenvalue weighted by Gasteiger charge is -2.14. The van der Waals surface area contributed by atoms with Crippen molar-refractivity contribution in [2.45, 2.75) is 33.1 Å². The van der Waals surface area contributed by atoms with Gasteiger partial charge in [0, 0.05) is 13.0 Å². The highest BCUT2D eigenvalue weighted by Crippen LogP contribution is 2.07. The van der Waals surface area contributed by atoms with Gasteiger partial charge in [-0.1, -0.05) is 25.7 Å². The Hall–Kier alpha value is -1.01.